The van der Waals surface area contributed by atoms with Crippen molar-refractivity contribution >= 4 is 5.78 Å². The van der Waals surface area contributed by atoms with Crippen LogP contribution in [-0.4, -0.2) is 21.8 Å². The van der Waals surface area contributed by atoms with Gasteiger partial charge in [-0.2, -0.15) is 5.48 Å². The monoisotopic (exact) mass is 103 g/mol. The summed E-state index contributed by atoms with van der Waals surface area (Å²) in [4.78, 5) is 8.62. The van der Waals surface area contributed by atoms with Crippen molar-refractivity contribution in [3.8, 4) is 0 Å². The maximum Gasteiger partial charge on any atom is 0.363 e. The van der Waals surface area contributed by atoms with Crippen LogP contribution in [0.4, 0.5) is 0 Å². The molecule has 2 atom stereocenters. The van der Waals surface area contributed by atoms with Gasteiger partial charge in [0.2, 0.25) is 6.04 Å². The fraction of sp³-hybridized carbons (Fsp3) is 0.750. The number of quaternary nitrogens is 1. The van der Waals surface area contributed by atoms with Crippen LogP contribution in [-0.2, 0) is 0 Å². The summed E-state index contributed by atoms with van der Waals surface area (Å²) >= 11 is 0. The third-order valence-electron chi connectivity index (χ3n) is 1.40. The summed E-state index contributed by atoms with van der Waals surface area (Å²) < 4.78 is 0. The molecule has 7 heavy (non-hydrogen) atoms. The molecule has 0 saturated heterocycles. The lowest BCUT2D eigenvalue weighted by atomic mass is 10.5. The quantitative estimate of drug-likeness (QED) is 0.308. The Bertz CT molecular complexity index is 102. The Labute approximate surface area is 41.3 Å². The molecule has 4 N–H and O–H groups in total. The number of rotatable bonds is 1. The average molecular weight is 103 g/mol. The molecule has 2 unspecified atom stereocenters. The summed E-state index contributed by atoms with van der Waals surface area (Å²) in [5.74, 6) is 0.604. The number of hydrogen-bond donors (Lipinski definition) is 2. The van der Waals surface area contributed by atoms with Crippen LogP contribution in [0, 0.1) is 5.92 Å². The molecule has 1 aliphatic carbocycles. The normalized spacial score (nSPS) is 38.9. The highest BCUT2D eigenvalue weighted by atomic mass is 16.5. The number of hydrogen-bond acceptors (Lipinski definition) is 1. The van der Waals surface area contributed by atoms with Crippen molar-refractivity contribution in [2.24, 2.45) is 5.92 Å². The highest BCUT2D eigenvalue weighted by molar-refractivity contribution is 6.01. The Morgan fingerprint density at radius 1 is 1.86 bits per heavy atom. The smallest absolute Gasteiger partial charge is 0.276 e. The first-order valence-corrected chi connectivity index (χ1v) is 2.30. The van der Waals surface area contributed by atoms with Gasteiger partial charge in [-0.05, 0) is 6.92 Å². The van der Waals surface area contributed by atoms with Gasteiger partial charge in [0.25, 0.3) is 0 Å². The van der Waals surface area contributed by atoms with Crippen molar-refractivity contribution in [1.82, 2.24) is 0 Å². The summed E-state index contributed by atoms with van der Waals surface area (Å²) in [6.45, 7) is 1.87. The summed E-state index contributed by atoms with van der Waals surface area (Å²) in [6.07, 6.45) is 0. The largest absolute Gasteiger partial charge is 0.363 e. The third-order valence-corrected chi connectivity index (χ3v) is 1.40. The second-order valence-electron chi connectivity index (χ2n) is 1.89. The molecule has 0 bridgehead atoms. The summed E-state index contributed by atoms with van der Waals surface area (Å²) in [7, 11) is 0. The zero-order chi connectivity index (χ0) is 5.44. The lowest BCUT2D eigenvalue weighted by Gasteiger charge is -1.73. The Morgan fingerprint density at radius 3 is 2.29 bits per heavy atom. The van der Waals surface area contributed by atoms with E-state index in [1.165, 1.54) is 0 Å². The molecule has 3 heteroatoms. The van der Waals surface area contributed by atoms with Gasteiger partial charge < -0.3 is 0 Å². The number of hydroxylamine groups is 1. The van der Waals surface area contributed by atoms with Crippen LogP contribution in [0.2, 0.25) is 0 Å². The molecule has 3 nitrogen and oxygen atoms in total. The predicted molar refractivity (Wildman–Crippen MR) is 23.6 cm³/mol. The topological polar surface area (TPSA) is 58.2 Å². The van der Waals surface area contributed by atoms with E-state index in [1.54, 1.807) is 0 Å². The van der Waals surface area contributed by atoms with Gasteiger partial charge in [0, 0.05) is 0 Å². The molecule has 0 aromatic carbocycles. The molecular weight excluding hydrogens is 94.0 g/mol. The predicted octanol–water partition coefficient (Wildman–Crippen LogP) is -1.50. The van der Waals surface area contributed by atoms with Crippen LogP contribution in [0.1, 0.15) is 6.92 Å². The molecule has 0 heterocycles. The highest BCUT2D eigenvalue weighted by Crippen LogP contribution is 2.18. The minimum Gasteiger partial charge on any atom is -0.276 e. The fourth-order valence-electron chi connectivity index (χ4n) is 0.608. The van der Waals surface area contributed by atoms with E-state index in [0.717, 1.165) is 5.48 Å². The van der Waals surface area contributed by atoms with Gasteiger partial charge in [0.05, 0.1) is 0 Å². The van der Waals surface area contributed by atoms with E-state index in [9.17, 15) is 0 Å². The Morgan fingerprint density at radius 2 is 2.29 bits per heavy atom. The maximum atomic E-state index is 8.62. The SMILES string of the molecule is CC1C(=[OH+])C1[NH2+]O. The standard InChI is InChI=1S/C4H7NO2/c1-2-3(5-7)4(2)6/h2-3,5,7H,1H3/p+2. The minimum absolute atomic E-state index is 0.0278. The molecule has 40 valence electrons. The lowest BCUT2D eigenvalue weighted by molar-refractivity contribution is -0.893. The molecular formula is C4H9NO2+2. The molecule has 0 radical (unpaired) electrons. The molecule has 0 aromatic heterocycles. The van der Waals surface area contributed by atoms with E-state index >= 15 is 0 Å². The fourth-order valence-corrected chi connectivity index (χ4v) is 0.608. The summed E-state index contributed by atoms with van der Waals surface area (Å²) in [5.41, 5.74) is 1.03. The summed E-state index contributed by atoms with van der Waals surface area (Å²) in [5, 5.41) is 8.24. The van der Waals surface area contributed by atoms with Crippen LogP contribution < -0.4 is 5.48 Å². The first kappa shape index (κ1) is 4.74. The molecule has 0 aromatic rings. The number of nitrogens with two attached hydrogens (primary N) is 1. The lowest BCUT2D eigenvalue weighted by Crippen LogP contribution is -2.83. The van der Waals surface area contributed by atoms with Crippen LogP contribution in [0.5, 0.6) is 0 Å². The molecule has 1 aliphatic rings. The molecule has 0 amide bonds. The number of ketones is 1. The van der Waals surface area contributed by atoms with E-state index in [2.05, 4.69) is 0 Å². The van der Waals surface area contributed by atoms with Crippen molar-refractivity contribution in [3.05, 3.63) is 0 Å². The zero-order valence-corrected chi connectivity index (χ0v) is 4.13. The van der Waals surface area contributed by atoms with E-state index in [0.29, 0.717) is 5.78 Å². The first-order valence-electron chi connectivity index (χ1n) is 2.30. The van der Waals surface area contributed by atoms with Crippen molar-refractivity contribution in [1.29, 1.82) is 0 Å². The second kappa shape index (κ2) is 1.28. The van der Waals surface area contributed by atoms with Gasteiger partial charge in [-0.3, -0.25) is 4.79 Å². The second-order valence-corrected chi connectivity index (χ2v) is 1.89. The van der Waals surface area contributed by atoms with Crippen LogP contribution in [0.3, 0.4) is 0 Å². The Kier molecular flexibility index (Phi) is 0.867. The zero-order valence-electron chi connectivity index (χ0n) is 4.13. The van der Waals surface area contributed by atoms with Crippen LogP contribution in [0.25, 0.3) is 0 Å². The average Bonchev–Trinajstić information content (AvgIpc) is 2.17. The van der Waals surface area contributed by atoms with Crippen molar-refractivity contribution in [3.63, 3.8) is 0 Å². The van der Waals surface area contributed by atoms with E-state index in [1.807, 2.05) is 6.92 Å². The minimum atomic E-state index is -0.0278. The van der Waals surface area contributed by atoms with Gasteiger partial charge in [-0.1, -0.05) is 0 Å². The van der Waals surface area contributed by atoms with Crippen LogP contribution >= 0.6 is 0 Å². The van der Waals surface area contributed by atoms with Gasteiger partial charge >= 0.3 is 5.78 Å². The van der Waals surface area contributed by atoms with E-state index < -0.39 is 0 Å². The Hall–Kier alpha value is -0.410. The van der Waals surface area contributed by atoms with Gasteiger partial charge in [-0.25, -0.2) is 5.21 Å². The molecule has 1 rings (SSSR count). The van der Waals surface area contributed by atoms with E-state index in [4.69, 9.17) is 10.0 Å². The number of carbonyl (C=O) groups excluding carboxylic acids is 1. The van der Waals surface area contributed by atoms with Gasteiger partial charge in [0.1, 0.15) is 5.92 Å². The van der Waals surface area contributed by atoms with Crippen molar-refractivity contribution < 1.29 is 15.5 Å². The van der Waals surface area contributed by atoms with Gasteiger partial charge in [0.15, 0.2) is 0 Å². The molecule has 1 saturated carbocycles. The molecule has 1 fully saturated rings. The third kappa shape index (κ3) is 0.536. The first-order chi connectivity index (χ1) is 3.27. The Balaban J connectivity index is 2.38. The molecule has 0 aliphatic heterocycles. The van der Waals surface area contributed by atoms with Crippen molar-refractivity contribution in [2.45, 2.75) is 13.0 Å². The van der Waals surface area contributed by atoms with Gasteiger partial charge in [-0.15, -0.1) is 0 Å². The molecule has 0 spiro atoms. The van der Waals surface area contributed by atoms with E-state index in [-0.39, 0.29) is 12.0 Å². The van der Waals surface area contributed by atoms with Crippen molar-refractivity contribution in [2.75, 3.05) is 0 Å². The summed E-state index contributed by atoms with van der Waals surface area (Å²) in [6, 6.07) is -0.0278. The maximum absolute atomic E-state index is 8.62. The van der Waals surface area contributed by atoms with Crippen LogP contribution in [0.15, 0.2) is 0 Å². The highest BCUT2D eigenvalue weighted by Gasteiger charge is 2.58.